The lowest BCUT2D eigenvalue weighted by molar-refractivity contribution is -0.274. The van der Waals surface area contributed by atoms with Crippen LogP contribution in [-0.2, 0) is 0 Å². The highest BCUT2D eigenvalue weighted by Crippen LogP contribution is 2.24. The van der Waals surface area contributed by atoms with Crippen molar-refractivity contribution in [3.05, 3.63) is 24.3 Å². The molecular formula is C16H23F3N4O. The van der Waals surface area contributed by atoms with Crippen LogP contribution in [0.2, 0.25) is 0 Å². The summed E-state index contributed by atoms with van der Waals surface area (Å²) in [6.07, 6.45) is -2.43. The van der Waals surface area contributed by atoms with Crippen molar-refractivity contribution in [3.63, 3.8) is 0 Å². The quantitative estimate of drug-likeness (QED) is 0.615. The number of nitrogens with two attached hydrogens (primary N) is 1. The van der Waals surface area contributed by atoms with Gasteiger partial charge in [0.05, 0.1) is 0 Å². The fourth-order valence-corrected chi connectivity index (χ4v) is 2.74. The van der Waals surface area contributed by atoms with Gasteiger partial charge in [0.15, 0.2) is 5.96 Å². The molecule has 1 atom stereocenters. The van der Waals surface area contributed by atoms with Crippen molar-refractivity contribution >= 4 is 11.6 Å². The topological polar surface area (TPSA) is 62.9 Å². The van der Waals surface area contributed by atoms with Crippen LogP contribution in [0.4, 0.5) is 18.9 Å². The summed E-state index contributed by atoms with van der Waals surface area (Å²) in [7, 11) is 0. The molecule has 0 bridgehead atoms. The number of anilines is 1. The first kappa shape index (κ1) is 18.4. The van der Waals surface area contributed by atoms with Gasteiger partial charge >= 0.3 is 6.36 Å². The van der Waals surface area contributed by atoms with Crippen LogP contribution in [0.15, 0.2) is 29.3 Å². The van der Waals surface area contributed by atoms with E-state index in [1.807, 2.05) is 0 Å². The van der Waals surface area contributed by atoms with Crippen molar-refractivity contribution in [2.75, 3.05) is 31.5 Å². The van der Waals surface area contributed by atoms with Crippen molar-refractivity contribution in [3.8, 4) is 5.75 Å². The number of ether oxygens (including phenoxy) is 1. The molecule has 1 heterocycles. The second-order valence-electron chi connectivity index (χ2n) is 5.88. The van der Waals surface area contributed by atoms with Gasteiger partial charge in [0.1, 0.15) is 5.75 Å². The molecule has 134 valence electrons. The van der Waals surface area contributed by atoms with Gasteiger partial charge in [-0.15, -0.1) is 13.2 Å². The number of nitrogens with zero attached hydrogens (tertiary/aromatic N) is 2. The molecule has 1 unspecified atom stereocenters. The molecule has 0 aliphatic carbocycles. The summed E-state index contributed by atoms with van der Waals surface area (Å²) in [5.74, 6) is 0.485. The van der Waals surface area contributed by atoms with Crippen molar-refractivity contribution in [1.82, 2.24) is 4.90 Å². The molecule has 0 aromatic heterocycles. The number of benzene rings is 1. The molecule has 2 rings (SSSR count). The van der Waals surface area contributed by atoms with E-state index >= 15 is 0 Å². The maximum absolute atomic E-state index is 12.1. The van der Waals surface area contributed by atoms with Gasteiger partial charge < -0.3 is 20.7 Å². The van der Waals surface area contributed by atoms with E-state index in [4.69, 9.17) is 5.73 Å². The maximum Gasteiger partial charge on any atom is 0.573 e. The molecule has 0 radical (unpaired) electrons. The minimum absolute atomic E-state index is 0.258. The zero-order valence-corrected chi connectivity index (χ0v) is 13.6. The zero-order valence-electron chi connectivity index (χ0n) is 13.6. The predicted octanol–water partition coefficient (Wildman–Crippen LogP) is 3.04. The highest BCUT2D eigenvalue weighted by atomic mass is 19.4. The van der Waals surface area contributed by atoms with Gasteiger partial charge in [-0.05, 0) is 56.1 Å². The number of guanidine groups is 1. The van der Waals surface area contributed by atoms with Crippen LogP contribution < -0.4 is 15.8 Å². The summed E-state index contributed by atoms with van der Waals surface area (Å²) >= 11 is 0. The van der Waals surface area contributed by atoms with Crippen LogP contribution in [-0.4, -0.2) is 43.4 Å². The molecule has 0 spiro atoms. The maximum atomic E-state index is 12.1. The van der Waals surface area contributed by atoms with Crippen LogP contribution >= 0.6 is 0 Å². The molecule has 0 saturated carbocycles. The molecule has 1 aliphatic heterocycles. The summed E-state index contributed by atoms with van der Waals surface area (Å²) in [6, 6.07) is 5.37. The Kier molecular flexibility index (Phi) is 6.30. The number of alkyl halides is 3. The van der Waals surface area contributed by atoms with Crippen LogP contribution in [0.3, 0.4) is 0 Å². The second kappa shape index (κ2) is 8.23. The van der Waals surface area contributed by atoms with Gasteiger partial charge in [-0.2, -0.15) is 0 Å². The van der Waals surface area contributed by atoms with Gasteiger partial charge in [0.25, 0.3) is 0 Å². The van der Waals surface area contributed by atoms with Crippen LogP contribution in [0.5, 0.6) is 5.75 Å². The van der Waals surface area contributed by atoms with Crippen molar-refractivity contribution in [2.45, 2.75) is 26.1 Å². The third-order valence-electron chi connectivity index (χ3n) is 3.79. The number of halogens is 3. The number of likely N-dealkylation sites (tertiary alicyclic amines) is 1. The fourth-order valence-electron chi connectivity index (χ4n) is 2.74. The van der Waals surface area contributed by atoms with Crippen LogP contribution in [0.25, 0.3) is 0 Å². The molecule has 1 saturated heterocycles. The minimum atomic E-state index is -4.69. The third kappa shape index (κ3) is 6.27. The first-order valence-electron chi connectivity index (χ1n) is 8.01. The lowest BCUT2D eigenvalue weighted by Crippen LogP contribution is -2.25. The van der Waals surface area contributed by atoms with Gasteiger partial charge in [-0.3, -0.25) is 4.99 Å². The standard InChI is InChI=1S/C16H23F3N4O/c1-2-8-23-9-7-12(11-23)10-21-15(20)22-13-3-5-14(6-4-13)24-16(17,18)19/h3-6,12H,2,7-11H2,1H3,(H3,20,21,22). The number of nitrogens with one attached hydrogen (secondary N) is 1. The SMILES string of the molecule is CCCN1CCC(CN=C(N)Nc2ccc(OC(F)(F)F)cc2)C1. The second-order valence-corrected chi connectivity index (χ2v) is 5.88. The highest BCUT2D eigenvalue weighted by Gasteiger charge is 2.30. The Balaban J connectivity index is 1.80. The smallest absolute Gasteiger partial charge is 0.406 e. The molecule has 0 amide bonds. The van der Waals surface area contributed by atoms with E-state index in [0.29, 0.717) is 18.2 Å². The van der Waals surface area contributed by atoms with Gasteiger partial charge in [-0.1, -0.05) is 6.92 Å². The van der Waals surface area contributed by atoms with E-state index in [1.54, 1.807) is 0 Å². The van der Waals surface area contributed by atoms with E-state index in [1.165, 1.54) is 24.3 Å². The molecule has 3 N–H and O–H groups in total. The molecule has 1 aliphatic rings. The Hall–Kier alpha value is -1.96. The number of rotatable bonds is 6. The van der Waals surface area contributed by atoms with Crippen molar-refractivity contribution in [2.24, 2.45) is 16.6 Å². The Morgan fingerprint density at radius 2 is 2.08 bits per heavy atom. The third-order valence-corrected chi connectivity index (χ3v) is 3.79. The average Bonchev–Trinajstić information content (AvgIpc) is 2.94. The Labute approximate surface area is 139 Å². The molecular weight excluding hydrogens is 321 g/mol. The normalized spacial score (nSPS) is 19.5. The Morgan fingerprint density at radius 1 is 1.38 bits per heavy atom. The van der Waals surface area contributed by atoms with Crippen molar-refractivity contribution < 1.29 is 17.9 Å². The van der Waals surface area contributed by atoms with Crippen LogP contribution in [0.1, 0.15) is 19.8 Å². The zero-order chi connectivity index (χ0) is 17.6. The minimum Gasteiger partial charge on any atom is -0.406 e. The van der Waals surface area contributed by atoms with Gasteiger partial charge in [0.2, 0.25) is 0 Å². The average molecular weight is 344 g/mol. The molecule has 1 fully saturated rings. The monoisotopic (exact) mass is 344 g/mol. The summed E-state index contributed by atoms with van der Waals surface area (Å²) in [5.41, 5.74) is 6.39. The molecule has 8 heteroatoms. The number of hydrogen-bond acceptors (Lipinski definition) is 3. The summed E-state index contributed by atoms with van der Waals surface area (Å²) < 4.78 is 40.1. The van der Waals surface area contributed by atoms with E-state index in [0.717, 1.165) is 32.5 Å². The van der Waals surface area contributed by atoms with Gasteiger partial charge in [-0.25, -0.2) is 0 Å². The Morgan fingerprint density at radius 3 is 2.71 bits per heavy atom. The highest BCUT2D eigenvalue weighted by molar-refractivity contribution is 5.92. The van der Waals surface area contributed by atoms with E-state index in [-0.39, 0.29) is 11.7 Å². The number of aliphatic imine (C=N–C) groups is 1. The molecule has 1 aromatic carbocycles. The van der Waals surface area contributed by atoms with E-state index in [9.17, 15) is 13.2 Å². The lowest BCUT2D eigenvalue weighted by Gasteiger charge is -2.14. The summed E-state index contributed by atoms with van der Waals surface area (Å²) in [5, 5.41) is 2.87. The first-order valence-corrected chi connectivity index (χ1v) is 8.01. The molecule has 5 nitrogen and oxygen atoms in total. The summed E-state index contributed by atoms with van der Waals surface area (Å²) in [6.45, 7) is 6.06. The molecule has 24 heavy (non-hydrogen) atoms. The lowest BCUT2D eigenvalue weighted by atomic mass is 10.1. The van der Waals surface area contributed by atoms with E-state index in [2.05, 4.69) is 26.9 Å². The molecule has 1 aromatic rings. The Bertz CT molecular complexity index is 545. The van der Waals surface area contributed by atoms with Gasteiger partial charge in [0, 0.05) is 18.8 Å². The predicted molar refractivity (Wildman–Crippen MR) is 88.1 cm³/mol. The first-order chi connectivity index (χ1) is 11.4. The van der Waals surface area contributed by atoms with E-state index < -0.39 is 6.36 Å². The summed E-state index contributed by atoms with van der Waals surface area (Å²) in [4.78, 5) is 6.74. The van der Waals surface area contributed by atoms with Crippen LogP contribution in [0, 0.1) is 5.92 Å². The largest absolute Gasteiger partial charge is 0.573 e. The number of hydrogen-bond donors (Lipinski definition) is 2. The van der Waals surface area contributed by atoms with Crippen molar-refractivity contribution in [1.29, 1.82) is 0 Å². The fraction of sp³-hybridized carbons (Fsp3) is 0.562.